The first-order valence-electron chi connectivity index (χ1n) is 7.30. The molecule has 0 aromatic carbocycles. The van der Waals surface area contributed by atoms with Crippen LogP contribution < -0.4 is 4.72 Å². The van der Waals surface area contributed by atoms with Crippen molar-refractivity contribution >= 4 is 21.8 Å². The second-order valence-corrected chi connectivity index (χ2v) is 7.72. The summed E-state index contributed by atoms with van der Waals surface area (Å²) in [4.78, 5) is 0. The average molecular weight is 311 g/mol. The maximum Gasteiger partial charge on any atom is 0.279 e. The van der Waals surface area contributed by atoms with Crippen LogP contribution in [0, 0.1) is 11.8 Å². The Bertz CT molecular complexity index is 343. The Kier molecular flexibility index (Phi) is 7.65. The summed E-state index contributed by atoms with van der Waals surface area (Å²) < 4.78 is 28.8. The summed E-state index contributed by atoms with van der Waals surface area (Å²) in [5.41, 5.74) is 0. The number of hydrogen-bond acceptors (Lipinski definition) is 2. The number of piperidine rings is 1. The van der Waals surface area contributed by atoms with E-state index in [0.29, 0.717) is 37.4 Å². The maximum atomic E-state index is 12.2. The molecular weight excluding hydrogens is 284 g/mol. The lowest BCUT2D eigenvalue weighted by Gasteiger charge is -2.30. The minimum Gasteiger partial charge on any atom is -0.202 e. The number of rotatable bonds is 8. The molecule has 0 aromatic heterocycles. The molecule has 1 aliphatic heterocycles. The minimum absolute atomic E-state index is 0.347. The molecule has 1 aliphatic rings. The highest BCUT2D eigenvalue weighted by Crippen LogP contribution is 2.18. The summed E-state index contributed by atoms with van der Waals surface area (Å²) in [6.45, 7) is 6.02. The van der Waals surface area contributed by atoms with E-state index < -0.39 is 10.2 Å². The fourth-order valence-electron chi connectivity index (χ4n) is 2.59. The molecule has 1 heterocycles. The van der Waals surface area contributed by atoms with Gasteiger partial charge in [-0.3, -0.25) is 0 Å². The van der Waals surface area contributed by atoms with Crippen LogP contribution in [0.3, 0.4) is 0 Å². The molecule has 2 atom stereocenters. The maximum absolute atomic E-state index is 12.2. The zero-order valence-electron chi connectivity index (χ0n) is 12.1. The standard InChI is InChI=1S/C13H27ClN2O2S/c1-3-5-13(7-8-14)10-15-19(17,18)16-9-4-6-12(2)11-16/h12-13,15H,3-11H2,1-2H3. The van der Waals surface area contributed by atoms with Gasteiger partial charge >= 0.3 is 0 Å². The molecule has 1 saturated heterocycles. The lowest BCUT2D eigenvalue weighted by atomic mass is 10.0. The first kappa shape index (κ1) is 17.2. The molecule has 0 saturated carbocycles. The Morgan fingerprint density at radius 2 is 2.16 bits per heavy atom. The van der Waals surface area contributed by atoms with Crippen LogP contribution in [0.5, 0.6) is 0 Å². The van der Waals surface area contributed by atoms with Crippen LogP contribution in [-0.2, 0) is 10.2 Å². The van der Waals surface area contributed by atoms with Crippen molar-refractivity contribution < 1.29 is 8.42 Å². The van der Waals surface area contributed by atoms with Crippen molar-refractivity contribution in [3.8, 4) is 0 Å². The second kappa shape index (κ2) is 8.45. The van der Waals surface area contributed by atoms with Crippen molar-refractivity contribution in [2.75, 3.05) is 25.5 Å². The van der Waals surface area contributed by atoms with Gasteiger partial charge in [0, 0.05) is 25.5 Å². The number of halogens is 1. The zero-order chi connectivity index (χ0) is 14.3. The predicted molar refractivity (Wildman–Crippen MR) is 80.6 cm³/mol. The Morgan fingerprint density at radius 1 is 1.42 bits per heavy atom. The van der Waals surface area contributed by atoms with Gasteiger partial charge in [-0.25, -0.2) is 4.72 Å². The summed E-state index contributed by atoms with van der Waals surface area (Å²) in [5.74, 6) is 1.40. The van der Waals surface area contributed by atoms with Crippen molar-refractivity contribution in [3.05, 3.63) is 0 Å². The molecule has 1 fully saturated rings. The van der Waals surface area contributed by atoms with Gasteiger partial charge in [-0.2, -0.15) is 12.7 Å². The average Bonchev–Trinajstić information content (AvgIpc) is 2.37. The molecule has 0 bridgehead atoms. The van der Waals surface area contributed by atoms with Crippen molar-refractivity contribution in [1.29, 1.82) is 0 Å². The normalized spacial score (nSPS) is 23.4. The first-order chi connectivity index (χ1) is 8.99. The number of nitrogens with one attached hydrogen (secondary N) is 1. The van der Waals surface area contributed by atoms with Gasteiger partial charge in [0.2, 0.25) is 0 Å². The monoisotopic (exact) mass is 310 g/mol. The van der Waals surface area contributed by atoms with Crippen LogP contribution in [0.2, 0.25) is 0 Å². The van der Waals surface area contributed by atoms with E-state index in [0.717, 1.165) is 32.1 Å². The third kappa shape index (κ3) is 5.98. The summed E-state index contributed by atoms with van der Waals surface area (Å²) in [7, 11) is -3.31. The highest BCUT2D eigenvalue weighted by atomic mass is 35.5. The molecule has 0 aromatic rings. The highest BCUT2D eigenvalue weighted by molar-refractivity contribution is 7.87. The van der Waals surface area contributed by atoms with E-state index in [-0.39, 0.29) is 0 Å². The van der Waals surface area contributed by atoms with E-state index >= 15 is 0 Å². The predicted octanol–water partition coefficient (Wildman–Crippen LogP) is 2.60. The Labute approximate surface area is 123 Å². The lowest BCUT2D eigenvalue weighted by molar-refractivity contribution is 0.277. The number of hydrogen-bond donors (Lipinski definition) is 1. The molecule has 0 amide bonds. The molecule has 2 unspecified atom stereocenters. The van der Waals surface area contributed by atoms with Crippen LogP contribution in [0.1, 0.15) is 46.0 Å². The number of alkyl halides is 1. The van der Waals surface area contributed by atoms with Crippen LogP contribution in [-0.4, -0.2) is 38.2 Å². The fraction of sp³-hybridized carbons (Fsp3) is 1.00. The summed E-state index contributed by atoms with van der Waals surface area (Å²) in [6, 6.07) is 0. The van der Waals surface area contributed by atoms with Crippen molar-refractivity contribution in [3.63, 3.8) is 0 Å². The van der Waals surface area contributed by atoms with Gasteiger partial charge in [0.05, 0.1) is 0 Å². The molecule has 114 valence electrons. The smallest absolute Gasteiger partial charge is 0.202 e. The van der Waals surface area contributed by atoms with E-state index in [1.54, 1.807) is 4.31 Å². The first-order valence-corrected chi connectivity index (χ1v) is 9.27. The third-order valence-corrected chi connectivity index (χ3v) is 5.49. The largest absolute Gasteiger partial charge is 0.279 e. The van der Waals surface area contributed by atoms with E-state index in [9.17, 15) is 8.42 Å². The van der Waals surface area contributed by atoms with Crippen molar-refractivity contribution in [2.24, 2.45) is 11.8 Å². The van der Waals surface area contributed by atoms with Gasteiger partial charge in [0.1, 0.15) is 0 Å². The molecule has 0 spiro atoms. The van der Waals surface area contributed by atoms with Gasteiger partial charge in [-0.05, 0) is 37.5 Å². The Balaban J connectivity index is 2.48. The molecule has 1 rings (SSSR count). The van der Waals surface area contributed by atoms with Crippen LogP contribution in [0.15, 0.2) is 0 Å². The molecule has 0 aliphatic carbocycles. The SMILES string of the molecule is CCCC(CCCl)CNS(=O)(=O)N1CCCC(C)C1. The van der Waals surface area contributed by atoms with Gasteiger partial charge in [-0.15, -0.1) is 11.6 Å². The summed E-state index contributed by atoms with van der Waals surface area (Å²) in [6.07, 6.45) is 5.03. The van der Waals surface area contributed by atoms with E-state index in [4.69, 9.17) is 11.6 Å². The summed E-state index contributed by atoms with van der Waals surface area (Å²) in [5, 5.41) is 0. The zero-order valence-corrected chi connectivity index (χ0v) is 13.6. The van der Waals surface area contributed by atoms with E-state index in [2.05, 4.69) is 18.6 Å². The fourth-order valence-corrected chi connectivity index (χ4v) is 4.35. The molecule has 0 radical (unpaired) electrons. The van der Waals surface area contributed by atoms with E-state index in [1.165, 1.54) is 0 Å². The molecule has 6 heteroatoms. The topological polar surface area (TPSA) is 49.4 Å². The van der Waals surface area contributed by atoms with Crippen molar-refractivity contribution in [2.45, 2.75) is 46.0 Å². The minimum atomic E-state index is -3.31. The summed E-state index contributed by atoms with van der Waals surface area (Å²) >= 11 is 5.76. The van der Waals surface area contributed by atoms with Gasteiger partial charge in [0.15, 0.2) is 0 Å². The van der Waals surface area contributed by atoms with Gasteiger partial charge in [0.25, 0.3) is 10.2 Å². The molecule has 1 N–H and O–H groups in total. The van der Waals surface area contributed by atoms with Gasteiger partial charge < -0.3 is 0 Å². The molecular formula is C13H27ClN2O2S. The second-order valence-electron chi connectivity index (χ2n) is 5.59. The third-order valence-electron chi connectivity index (χ3n) is 3.73. The lowest BCUT2D eigenvalue weighted by Crippen LogP contribution is -2.46. The Hall–Kier alpha value is 0.160. The van der Waals surface area contributed by atoms with Crippen LogP contribution in [0.25, 0.3) is 0 Å². The Morgan fingerprint density at radius 3 is 2.74 bits per heavy atom. The highest BCUT2D eigenvalue weighted by Gasteiger charge is 2.27. The van der Waals surface area contributed by atoms with Crippen molar-refractivity contribution in [1.82, 2.24) is 9.03 Å². The number of nitrogens with zero attached hydrogens (tertiary/aromatic N) is 1. The molecule has 4 nitrogen and oxygen atoms in total. The van der Waals surface area contributed by atoms with Crippen LogP contribution in [0.4, 0.5) is 0 Å². The van der Waals surface area contributed by atoms with Crippen LogP contribution >= 0.6 is 11.6 Å². The van der Waals surface area contributed by atoms with Gasteiger partial charge in [-0.1, -0.05) is 20.3 Å². The molecule has 19 heavy (non-hydrogen) atoms. The quantitative estimate of drug-likeness (QED) is 0.701. The van der Waals surface area contributed by atoms with E-state index in [1.807, 2.05) is 0 Å².